The maximum absolute atomic E-state index is 8.32. The second-order valence-electron chi connectivity index (χ2n) is 6.06. The summed E-state index contributed by atoms with van der Waals surface area (Å²) in [6, 6.07) is 1.28. The number of piperidine rings is 1. The van der Waals surface area contributed by atoms with E-state index in [1.165, 1.54) is 38.8 Å². The monoisotopic (exact) mass is 253 g/mol. The molecule has 0 spiro atoms. The van der Waals surface area contributed by atoms with Gasteiger partial charge in [-0.25, -0.2) is 0 Å². The van der Waals surface area contributed by atoms with Gasteiger partial charge in [0.1, 0.15) is 0 Å². The zero-order valence-electron chi connectivity index (χ0n) is 13.5. The zero-order valence-corrected chi connectivity index (χ0v) is 11.5. The van der Waals surface area contributed by atoms with Crippen LogP contribution in [0.15, 0.2) is 0 Å². The van der Waals surface area contributed by atoms with Crippen molar-refractivity contribution in [2.75, 3.05) is 39.2 Å². The molecule has 18 heavy (non-hydrogen) atoms. The van der Waals surface area contributed by atoms with Crippen molar-refractivity contribution in [3.05, 3.63) is 0 Å². The summed E-state index contributed by atoms with van der Waals surface area (Å²) in [4.78, 5) is 4.83. The minimum atomic E-state index is -1.12. The molecule has 2 aliphatic heterocycles. The smallest absolute Gasteiger partial charge is 0.0431 e. The summed E-state index contributed by atoms with van der Waals surface area (Å²) >= 11 is 0. The first-order valence-electron chi connectivity index (χ1n) is 8.88. The van der Waals surface area contributed by atoms with Gasteiger partial charge in [-0.3, -0.25) is 4.90 Å². The minimum absolute atomic E-state index is 0.447. The van der Waals surface area contributed by atoms with Crippen molar-refractivity contribution in [3.8, 4) is 0 Å². The Morgan fingerprint density at radius 3 is 2.28 bits per heavy atom. The van der Waals surface area contributed by atoms with Crippen molar-refractivity contribution in [2.24, 2.45) is 0 Å². The van der Waals surface area contributed by atoms with Gasteiger partial charge in [-0.15, -0.1) is 0 Å². The Morgan fingerprint density at radius 1 is 0.778 bits per heavy atom. The third-order valence-corrected chi connectivity index (χ3v) is 4.93. The van der Waals surface area contributed by atoms with Gasteiger partial charge in [0.05, 0.1) is 0 Å². The molecule has 3 nitrogen and oxygen atoms in total. The van der Waals surface area contributed by atoms with Crippen LogP contribution in [-0.4, -0.2) is 61.1 Å². The molecule has 0 radical (unpaired) electrons. The lowest BCUT2D eigenvalue weighted by atomic mass is 10.0. The van der Waals surface area contributed by atoms with Gasteiger partial charge in [0.25, 0.3) is 0 Å². The Morgan fingerprint density at radius 2 is 1.50 bits per heavy atom. The van der Waals surface area contributed by atoms with E-state index < -0.39 is 6.50 Å². The number of nitrogens with one attached hydrogen (secondary N) is 1. The molecule has 2 heterocycles. The second-order valence-corrected chi connectivity index (χ2v) is 6.06. The van der Waals surface area contributed by atoms with Crippen LogP contribution in [0.2, 0.25) is 0 Å². The second kappa shape index (κ2) is 6.36. The van der Waals surface area contributed by atoms with Crippen molar-refractivity contribution in [1.29, 1.82) is 0 Å². The summed E-state index contributed by atoms with van der Waals surface area (Å²) in [6.45, 7) is 3.84. The molecule has 104 valence electrons. The van der Waals surface area contributed by atoms with Gasteiger partial charge in [-0.1, -0.05) is 12.8 Å². The molecule has 3 heteroatoms. The quantitative estimate of drug-likeness (QED) is 0.808. The molecule has 1 aliphatic carbocycles. The number of hydrogen-bond acceptors (Lipinski definition) is 3. The van der Waals surface area contributed by atoms with Crippen LogP contribution < -0.4 is 5.32 Å². The lowest BCUT2D eigenvalue weighted by molar-refractivity contribution is 0.0882. The highest BCUT2D eigenvalue weighted by Crippen LogP contribution is 2.27. The van der Waals surface area contributed by atoms with Gasteiger partial charge in [0, 0.05) is 27.9 Å². The first kappa shape index (κ1) is 10.6. The molecular weight excluding hydrogens is 222 g/mol. The Bertz CT molecular complexity index is 310. The van der Waals surface area contributed by atoms with E-state index in [1.807, 2.05) is 0 Å². The molecule has 3 rings (SSSR count). The van der Waals surface area contributed by atoms with Crippen LogP contribution in [0.4, 0.5) is 0 Å². The van der Waals surface area contributed by atoms with E-state index in [4.69, 9.17) is 2.74 Å². The Balaban J connectivity index is 1.56. The van der Waals surface area contributed by atoms with E-state index in [9.17, 15) is 0 Å². The zero-order chi connectivity index (χ0) is 14.0. The largest absolute Gasteiger partial charge is 0.315 e. The number of likely N-dealkylation sites (tertiary alicyclic amines) is 1. The lowest BCUT2D eigenvalue weighted by Crippen LogP contribution is -2.48. The number of hydrogen-bond donors (Lipinski definition) is 1. The summed E-state index contributed by atoms with van der Waals surface area (Å²) in [6.07, 6.45) is 8.51. The Hall–Kier alpha value is -0.120. The average Bonchev–Trinajstić information content (AvgIpc) is 2.91. The molecule has 0 unspecified atom stereocenters. The summed E-state index contributed by atoms with van der Waals surface area (Å²) in [5.41, 5.74) is 0. The maximum atomic E-state index is 8.32. The fourth-order valence-corrected chi connectivity index (χ4v) is 3.84. The number of rotatable bonds is 2. The molecule has 0 atom stereocenters. The fraction of sp³-hybridized carbons (Fsp3) is 1.00. The fourth-order valence-electron chi connectivity index (χ4n) is 3.84. The van der Waals surface area contributed by atoms with Crippen molar-refractivity contribution >= 4 is 0 Å². The molecule has 0 amide bonds. The van der Waals surface area contributed by atoms with Crippen LogP contribution >= 0.6 is 0 Å². The van der Waals surface area contributed by atoms with E-state index in [2.05, 4.69) is 15.1 Å². The highest BCUT2D eigenvalue weighted by Gasteiger charge is 2.29. The summed E-state index contributed by atoms with van der Waals surface area (Å²) in [7, 11) is 0. The lowest BCUT2D eigenvalue weighted by Gasteiger charge is -2.40. The molecule has 1 N–H and O–H groups in total. The maximum Gasteiger partial charge on any atom is 0.0431 e. The molecular formula is C15H29N3. The predicted octanol–water partition coefficient (Wildman–Crippen LogP) is 1.69. The van der Waals surface area contributed by atoms with E-state index in [0.717, 1.165) is 38.5 Å². The summed E-state index contributed by atoms with van der Waals surface area (Å²) < 4.78 is 16.6. The molecule has 0 aromatic rings. The first-order chi connectivity index (χ1) is 9.67. The standard InChI is InChI=1S/C15H29N3/c1-2-5-14(4-1)18-11-6-15(7-12-18)17-10-3-8-16-9-13-17/h14-16H,1-13H2/i10D2. The van der Waals surface area contributed by atoms with Crippen LogP contribution in [-0.2, 0) is 0 Å². The van der Waals surface area contributed by atoms with Crippen molar-refractivity contribution in [3.63, 3.8) is 0 Å². The summed E-state index contributed by atoms with van der Waals surface area (Å²) in [5, 5.41) is 3.33. The number of nitrogens with zero attached hydrogens (tertiary/aromatic N) is 2. The average molecular weight is 253 g/mol. The third-order valence-electron chi connectivity index (χ3n) is 4.93. The molecule has 2 saturated heterocycles. The molecule has 3 aliphatic rings. The molecule has 0 aromatic heterocycles. The highest BCUT2D eigenvalue weighted by atomic mass is 15.2. The van der Waals surface area contributed by atoms with Gasteiger partial charge in [0.15, 0.2) is 0 Å². The molecule has 3 fully saturated rings. The van der Waals surface area contributed by atoms with E-state index in [-0.39, 0.29) is 0 Å². The molecule has 0 bridgehead atoms. The molecule has 1 saturated carbocycles. The van der Waals surface area contributed by atoms with Crippen LogP contribution in [0, 0.1) is 0 Å². The third kappa shape index (κ3) is 3.06. The topological polar surface area (TPSA) is 18.5 Å². The van der Waals surface area contributed by atoms with Crippen LogP contribution in [0.1, 0.15) is 47.7 Å². The SMILES string of the molecule is [2H]C1([2H])CCNCCN1C1CCN(C2CCCC2)CC1. The Kier molecular flexibility index (Phi) is 3.76. The van der Waals surface area contributed by atoms with E-state index in [1.54, 1.807) is 0 Å². The van der Waals surface area contributed by atoms with Crippen molar-refractivity contribution < 1.29 is 2.74 Å². The van der Waals surface area contributed by atoms with Gasteiger partial charge in [-0.2, -0.15) is 0 Å². The molecule has 0 aromatic carbocycles. The normalized spacial score (nSPS) is 35.1. The van der Waals surface area contributed by atoms with Crippen LogP contribution in [0.25, 0.3) is 0 Å². The van der Waals surface area contributed by atoms with Gasteiger partial charge in [-0.05, 0) is 58.2 Å². The summed E-state index contributed by atoms with van der Waals surface area (Å²) in [5.74, 6) is 0. The predicted molar refractivity (Wildman–Crippen MR) is 75.9 cm³/mol. The van der Waals surface area contributed by atoms with E-state index >= 15 is 0 Å². The minimum Gasteiger partial charge on any atom is -0.315 e. The van der Waals surface area contributed by atoms with Gasteiger partial charge < -0.3 is 10.2 Å². The van der Waals surface area contributed by atoms with Gasteiger partial charge >= 0.3 is 0 Å². The van der Waals surface area contributed by atoms with Crippen molar-refractivity contribution in [2.45, 2.75) is 57.0 Å². The van der Waals surface area contributed by atoms with Crippen molar-refractivity contribution in [1.82, 2.24) is 15.1 Å². The van der Waals surface area contributed by atoms with Gasteiger partial charge in [0.2, 0.25) is 0 Å². The van der Waals surface area contributed by atoms with Crippen LogP contribution in [0.3, 0.4) is 0 Å². The van der Waals surface area contributed by atoms with Crippen LogP contribution in [0.5, 0.6) is 0 Å². The highest BCUT2D eigenvalue weighted by molar-refractivity contribution is 4.86. The first-order valence-corrected chi connectivity index (χ1v) is 7.88. The Labute approximate surface area is 115 Å². The van der Waals surface area contributed by atoms with E-state index in [0.29, 0.717) is 12.5 Å².